The van der Waals surface area contributed by atoms with Gasteiger partial charge >= 0.3 is 0 Å². The third-order valence-electron chi connectivity index (χ3n) is 3.38. The van der Waals surface area contributed by atoms with Crippen LogP contribution in [0.25, 0.3) is 16.2 Å². The Morgan fingerprint density at radius 1 is 1.16 bits per heavy atom. The van der Waals surface area contributed by atoms with E-state index in [9.17, 15) is 0 Å². The highest BCUT2D eigenvalue weighted by molar-refractivity contribution is 7.15. The van der Waals surface area contributed by atoms with Crippen molar-refractivity contribution in [2.45, 2.75) is 13.8 Å². The Labute approximate surface area is 117 Å². The molecule has 0 bridgehead atoms. The van der Waals surface area contributed by atoms with Crippen LogP contribution in [-0.4, -0.2) is 22.5 Å². The highest BCUT2D eigenvalue weighted by Gasteiger charge is 2.06. The van der Waals surface area contributed by atoms with Gasteiger partial charge in [-0.25, -0.2) is 4.98 Å². The number of aromatic nitrogens is 2. The second-order valence-electron chi connectivity index (χ2n) is 4.44. The maximum absolute atomic E-state index is 4.63. The molecule has 0 spiro atoms. The summed E-state index contributed by atoms with van der Waals surface area (Å²) in [5.41, 5.74) is 3.49. The van der Waals surface area contributed by atoms with Crippen molar-refractivity contribution in [1.82, 2.24) is 9.38 Å². The second kappa shape index (κ2) is 5.05. The number of imidazole rings is 1. The van der Waals surface area contributed by atoms with Crippen molar-refractivity contribution in [3.63, 3.8) is 0 Å². The summed E-state index contributed by atoms with van der Waals surface area (Å²) in [6.07, 6.45) is 4.12. The molecule has 0 fully saturated rings. The van der Waals surface area contributed by atoms with Crippen molar-refractivity contribution < 1.29 is 0 Å². The predicted molar refractivity (Wildman–Crippen MR) is 82.1 cm³/mol. The quantitative estimate of drug-likeness (QED) is 0.717. The normalized spacial score (nSPS) is 11.1. The van der Waals surface area contributed by atoms with Crippen molar-refractivity contribution >= 4 is 22.0 Å². The largest absolute Gasteiger partial charge is 0.372 e. The summed E-state index contributed by atoms with van der Waals surface area (Å²) in [6, 6.07) is 8.66. The molecule has 0 saturated carbocycles. The molecule has 0 unspecified atom stereocenters. The summed E-state index contributed by atoms with van der Waals surface area (Å²) in [4.78, 5) is 8.01. The van der Waals surface area contributed by atoms with E-state index in [0.29, 0.717) is 0 Å². The van der Waals surface area contributed by atoms with Crippen molar-refractivity contribution in [2.24, 2.45) is 0 Å². The summed E-state index contributed by atoms with van der Waals surface area (Å²) < 4.78 is 2.07. The van der Waals surface area contributed by atoms with E-state index in [2.05, 4.69) is 64.0 Å². The summed E-state index contributed by atoms with van der Waals surface area (Å²) in [5.74, 6) is 0. The molecular formula is C15H17N3S. The predicted octanol–water partition coefficient (Wildman–Crippen LogP) is 3.91. The summed E-state index contributed by atoms with van der Waals surface area (Å²) in [6.45, 7) is 6.44. The first-order valence-corrected chi connectivity index (χ1v) is 7.47. The lowest BCUT2D eigenvalue weighted by molar-refractivity contribution is 0.866. The molecule has 0 radical (unpaired) electrons. The molecule has 3 aromatic rings. The van der Waals surface area contributed by atoms with E-state index in [4.69, 9.17) is 0 Å². The van der Waals surface area contributed by atoms with Crippen LogP contribution in [-0.2, 0) is 0 Å². The van der Waals surface area contributed by atoms with E-state index < -0.39 is 0 Å². The highest BCUT2D eigenvalue weighted by Crippen LogP contribution is 2.24. The van der Waals surface area contributed by atoms with E-state index in [0.717, 1.165) is 23.7 Å². The van der Waals surface area contributed by atoms with E-state index in [1.54, 1.807) is 11.3 Å². The molecule has 3 nitrogen and oxygen atoms in total. The molecule has 19 heavy (non-hydrogen) atoms. The fraction of sp³-hybridized carbons (Fsp3) is 0.267. The Hall–Kier alpha value is -1.81. The molecular weight excluding hydrogens is 254 g/mol. The minimum atomic E-state index is 1.04. The third-order valence-corrected chi connectivity index (χ3v) is 4.16. The zero-order valence-corrected chi connectivity index (χ0v) is 12.0. The molecule has 98 valence electrons. The van der Waals surface area contributed by atoms with Crippen molar-refractivity contribution in [3.8, 4) is 11.3 Å². The molecule has 2 aromatic heterocycles. The molecule has 0 amide bonds. The zero-order chi connectivity index (χ0) is 13.2. The van der Waals surface area contributed by atoms with Gasteiger partial charge in [0.2, 0.25) is 0 Å². The average Bonchev–Trinajstić information content (AvgIpc) is 3.02. The minimum Gasteiger partial charge on any atom is -0.372 e. The number of thiazole rings is 1. The maximum Gasteiger partial charge on any atom is 0.194 e. The van der Waals surface area contributed by atoms with Gasteiger partial charge in [0.1, 0.15) is 0 Å². The first kappa shape index (κ1) is 12.2. The highest BCUT2D eigenvalue weighted by atomic mass is 32.1. The number of benzene rings is 1. The lowest BCUT2D eigenvalue weighted by Crippen LogP contribution is -2.21. The Kier molecular flexibility index (Phi) is 3.25. The Balaban J connectivity index is 1.91. The molecule has 0 aliphatic rings. The van der Waals surface area contributed by atoms with Gasteiger partial charge in [-0.2, -0.15) is 0 Å². The van der Waals surface area contributed by atoms with Crippen molar-refractivity contribution in [3.05, 3.63) is 42.0 Å². The Bertz CT molecular complexity index is 634. The van der Waals surface area contributed by atoms with Gasteiger partial charge in [0.25, 0.3) is 0 Å². The maximum atomic E-state index is 4.63. The SMILES string of the molecule is CCN(CC)c1ccc(-c2cn3ccsc3n2)cc1. The topological polar surface area (TPSA) is 20.5 Å². The van der Waals surface area contributed by atoms with Crippen LogP contribution >= 0.6 is 11.3 Å². The molecule has 0 aliphatic heterocycles. The smallest absolute Gasteiger partial charge is 0.194 e. The Morgan fingerprint density at radius 3 is 2.53 bits per heavy atom. The second-order valence-corrected chi connectivity index (χ2v) is 5.31. The van der Waals surface area contributed by atoms with Gasteiger partial charge < -0.3 is 4.90 Å². The average molecular weight is 271 g/mol. The van der Waals surface area contributed by atoms with Crippen LogP contribution < -0.4 is 4.90 Å². The third kappa shape index (κ3) is 2.24. The van der Waals surface area contributed by atoms with Crippen LogP contribution in [0.2, 0.25) is 0 Å². The van der Waals surface area contributed by atoms with Gasteiger partial charge in [0, 0.05) is 42.1 Å². The Morgan fingerprint density at radius 2 is 1.89 bits per heavy atom. The molecule has 0 aliphatic carbocycles. The number of rotatable bonds is 4. The van der Waals surface area contributed by atoms with Crippen molar-refractivity contribution in [2.75, 3.05) is 18.0 Å². The standard InChI is InChI=1S/C15H17N3S/c1-3-17(4-2)13-7-5-12(6-8-13)14-11-18-9-10-19-15(18)16-14/h5-11H,3-4H2,1-2H3. The molecule has 0 atom stereocenters. The number of fused-ring (bicyclic) bond motifs is 1. The van der Waals surface area contributed by atoms with Crippen LogP contribution in [0.1, 0.15) is 13.8 Å². The number of hydrogen-bond donors (Lipinski definition) is 0. The lowest BCUT2D eigenvalue weighted by Gasteiger charge is -2.20. The first-order valence-electron chi connectivity index (χ1n) is 6.59. The van der Waals surface area contributed by atoms with E-state index in [1.807, 2.05) is 6.20 Å². The summed E-state index contributed by atoms with van der Waals surface area (Å²) in [5, 5.41) is 2.05. The summed E-state index contributed by atoms with van der Waals surface area (Å²) in [7, 11) is 0. The van der Waals surface area contributed by atoms with Crippen molar-refractivity contribution in [1.29, 1.82) is 0 Å². The van der Waals surface area contributed by atoms with Gasteiger partial charge in [-0.15, -0.1) is 11.3 Å². The number of anilines is 1. The first-order chi connectivity index (χ1) is 9.31. The van der Waals surface area contributed by atoms with Crippen LogP contribution in [0.5, 0.6) is 0 Å². The van der Waals surface area contributed by atoms with Crippen LogP contribution in [0.3, 0.4) is 0 Å². The van der Waals surface area contributed by atoms with Gasteiger partial charge in [-0.3, -0.25) is 4.40 Å². The zero-order valence-electron chi connectivity index (χ0n) is 11.2. The van der Waals surface area contributed by atoms with Gasteiger partial charge in [-0.05, 0) is 26.0 Å². The minimum absolute atomic E-state index is 1.04. The summed E-state index contributed by atoms with van der Waals surface area (Å²) >= 11 is 1.66. The molecule has 4 heteroatoms. The molecule has 0 saturated heterocycles. The van der Waals surface area contributed by atoms with Crippen LogP contribution in [0, 0.1) is 0 Å². The number of nitrogens with zero attached hydrogens (tertiary/aromatic N) is 3. The van der Waals surface area contributed by atoms with E-state index >= 15 is 0 Å². The fourth-order valence-corrected chi connectivity index (χ4v) is 3.00. The van der Waals surface area contributed by atoms with Crippen LogP contribution in [0.4, 0.5) is 5.69 Å². The number of hydrogen-bond acceptors (Lipinski definition) is 3. The van der Waals surface area contributed by atoms with Gasteiger partial charge in [-0.1, -0.05) is 12.1 Å². The lowest BCUT2D eigenvalue weighted by atomic mass is 10.1. The van der Waals surface area contributed by atoms with Crippen LogP contribution in [0.15, 0.2) is 42.0 Å². The van der Waals surface area contributed by atoms with Gasteiger partial charge in [0.05, 0.1) is 5.69 Å². The molecule has 0 N–H and O–H groups in total. The molecule has 3 rings (SSSR count). The van der Waals surface area contributed by atoms with E-state index in [-0.39, 0.29) is 0 Å². The van der Waals surface area contributed by atoms with Gasteiger partial charge in [0.15, 0.2) is 4.96 Å². The molecule has 1 aromatic carbocycles. The fourth-order valence-electron chi connectivity index (χ4n) is 2.30. The monoisotopic (exact) mass is 271 g/mol. The van der Waals surface area contributed by atoms with E-state index in [1.165, 1.54) is 11.3 Å². The molecule has 2 heterocycles.